The van der Waals surface area contributed by atoms with Crippen LogP contribution in [0, 0.1) is 16.0 Å². The fraction of sp³-hybridized carbons (Fsp3) is 0.417. The molecule has 1 aromatic carbocycles. The van der Waals surface area contributed by atoms with E-state index in [0.717, 1.165) is 0 Å². The van der Waals surface area contributed by atoms with Crippen molar-refractivity contribution in [3.05, 3.63) is 27.8 Å². The number of nitro benzene ring substituents is 1. The molecule has 1 aliphatic heterocycles. The fourth-order valence-corrected chi connectivity index (χ4v) is 1.74. The highest BCUT2D eigenvalue weighted by Crippen LogP contribution is 2.37. The van der Waals surface area contributed by atoms with Crippen LogP contribution in [0.5, 0.6) is 11.5 Å². The van der Waals surface area contributed by atoms with Crippen molar-refractivity contribution in [2.24, 2.45) is 5.92 Å². The molecule has 0 atom stereocenters. The molecule has 6 heteroatoms. The van der Waals surface area contributed by atoms with Gasteiger partial charge in [0.15, 0.2) is 17.3 Å². The zero-order chi connectivity index (χ0) is 13.3. The number of fused-ring (bicyclic) bond motifs is 1. The first-order valence-corrected chi connectivity index (χ1v) is 5.63. The molecule has 2 rings (SSSR count). The average molecular weight is 251 g/mol. The Bertz CT molecular complexity index is 509. The highest BCUT2D eigenvalue weighted by Gasteiger charge is 2.27. The minimum absolute atomic E-state index is 0.0688. The lowest BCUT2D eigenvalue weighted by Gasteiger charge is -2.19. The first-order valence-electron chi connectivity index (χ1n) is 5.63. The minimum Gasteiger partial charge on any atom is -0.486 e. The second-order valence-electron chi connectivity index (χ2n) is 4.29. The molecule has 0 N–H and O–H groups in total. The third kappa shape index (κ3) is 2.13. The van der Waals surface area contributed by atoms with E-state index in [-0.39, 0.29) is 23.0 Å². The summed E-state index contributed by atoms with van der Waals surface area (Å²) in [5.41, 5.74) is -0.169. The van der Waals surface area contributed by atoms with Gasteiger partial charge in [-0.15, -0.1) is 0 Å². The number of ether oxygens (including phenoxy) is 2. The van der Waals surface area contributed by atoms with Gasteiger partial charge < -0.3 is 9.47 Å². The second-order valence-corrected chi connectivity index (χ2v) is 4.29. The predicted octanol–water partition coefficient (Wildman–Crippen LogP) is 2.20. The summed E-state index contributed by atoms with van der Waals surface area (Å²) >= 11 is 0. The smallest absolute Gasteiger partial charge is 0.284 e. The van der Waals surface area contributed by atoms with Crippen LogP contribution >= 0.6 is 0 Å². The Morgan fingerprint density at radius 3 is 2.33 bits per heavy atom. The zero-order valence-electron chi connectivity index (χ0n) is 10.1. The SMILES string of the molecule is CC(C)C(=O)c1cc2c(cc1[N+](=O)[O-])OCCO2. The predicted molar refractivity (Wildman–Crippen MR) is 63.3 cm³/mol. The van der Waals surface area contributed by atoms with E-state index in [4.69, 9.17) is 9.47 Å². The number of carbonyl (C=O) groups is 1. The fourth-order valence-electron chi connectivity index (χ4n) is 1.74. The maximum absolute atomic E-state index is 12.0. The molecule has 0 saturated heterocycles. The van der Waals surface area contributed by atoms with Crippen molar-refractivity contribution in [2.45, 2.75) is 13.8 Å². The number of nitro groups is 1. The van der Waals surface area contributed by atoms with Gasteiger partial charge >= 0.3 is 0 Å². The van der Waals surface area contributed by atoms with Crippen LogP contribution in [0.25, 0.3) is 0 Å². The number of hydrogen-bond acceptors (Lipinski definition) is 5. The molecule has 0 amide bonds. The molecule has 1 aromatic rings. The molecular weight excluding hydrogens is 238 g/mol. The van der Waals surface area contributed by atoms with Crippen LogP contribution in [0.1, 0.15) is 24.2 Å². The molecule has 0 spiro atoms. The molecule has 0 unspecified atom stereocenters. The summed E-state index contributed by atoms with van der Waals surface area (Å²) in [5, 5.41) is 11.0. The Morgan fingerprint density at radius 1 is 1.28 bits per heavy atom. The van der Waals surface area contributed by atoms with Crippen molar-refractivity contribution < 1.29 is 19.2 Å². The Labute approximate surface area is 104 Å². The molecule has 0 aromatic heterocycles. The molecule has 0 radical (unpaired) electrons. The first-order chi connectivity index (χ1) is 8.50. The van der Waals surface area contributed by atoms with E-state index in [2.05, 4.69) is 0 Å². The molecule has 0 bridgehead atoms. The van der Waals surface area contributed by atoms with Gasteiger partial charge in [-0.2, -0.15) is 0 Å². The van der Waals surface area contributed by atoms with Crippen molar-refractivity contribution in [3.63, 3.8) is 0 Å². The lowest BCUT2D eigenvalue weighted by molar-refractivity contribution is -0.385. The van der Waals surface area contributed by atoms with Gasteiger partial charge in [0.25, 0.3) is 5.69 Å². The standard InChI is InChI=1S/C12H13NO5/c1-7(2)12(14)8-5-10-11(18-4-3-17-10)6-9(8)13(15)16/h5-7H,3-4H2,1-2H3. The van der Waals surface area contributed by atoms with E-state index in [0.29, 0.717) is 24.7 Å². The summed E-state index contributed by atoms with van der Waals surface area (Å²) in [6, 6.07) is 2.65. The minimum atomic E-state index is -0.576. The van der Waals surface area contributed by atoms with Gasteiger partial charge in [-0.3, -0.25) is 14.9 Å². The van der Waals surface area contributed by atoms with E-state index in [1.54, 1.807) is 13.8 Å². The molecule has 1 heterocycles. The largest absolute Gasteiger partial charge is 0.486 e. The van der Waals surface area contributed by atoms with E-state index in [1.807, 2.05) is 0 Å². The lowest BCUT2D eigenvalue weighted by Crippen LogP contribution is -2.17. The summed E-state index contributed by atoms with van der Waals surface area (Å²) in [4.78, 5) is 22.4. The number of rotatable bonds is 3. The van der Waals surface area contributed by atoms with E-state index >= 15 is 0 Å². The van der Waals surface area contributed by atoms with Gasteiger partial charge in [-0.1, -0.05) is 13.8 Å². The second kappa shape index (κ2) is 4.64. The summed E-state index contributed by atoms with van der Waals surface area (Å²) in [5.74, 6) is 0.106. The Kier molecular flexibility index (Phi) is 3.18. The van der Waals surface area contributed by atoms with Crippen LogP contribution in [0.2, 0.25) is 0 Å². The molecule has 18 heavy (non-hydrogen) atoms. The van der Waals surface area contributed by atoms with Crippen LogP contribution < -0.4 is 9.47 Å². The normalized spacial score (nSPS) is 13.5. The molecule has 6 nitrogen and oxygen atoms in total. The van der Waals surface area contributed by atoms with Crippen LogP contribution in [0.15, 0.2) is 12.1 Å². The summed E-state index contributed by atoms with van der Waals surface area (Å²) in [6.07, 6.45) is 0. The zero-order valence-corrected chi connectivity index (χ0v) is 10.1. The number of carbonyl (C=O) groups excluding carboxylic acids is 1. The molecule has 0 fully saturated rings. The topological polar surface area (TPSA) is 78.7 Å². The van der Waals surface area contributed by atoms with Gasteiger partial charge in [0.1, 0.15) is 13.2 Å². The Balaban J connectivity index is 2.56. The number of hydrogen-bond donors (Lipinski definition) is 0. The third-order valence-corrected chi connectivity index (χ3v) is 2.65. The van der Waals surface area contributed by atoms with Gasteiger partial charge in [-0.05, 0) is 0 Å². The van der Waals surface area contributed by atoms with Crippen molar-refractivity contribution in [2.75, 3.05) is 13.2 Å². The monoisotopic (exact) mass is 251 g/mol. The lowest BCUT2D eigenvalue weighted by atomic mass is 9.99. The van der Waals surface area contributed by atoms with Gasteiger partial charge in [-0.25, -0.2) is 0 Å². The first kappa shape index (κ1) is 12.3. The van der Waals surface area contributed by atoms with Crippen LogP contribution in [-0.4, -0.2) is 23.9 Å². The summed E-state index contributed by atoms with van der Waals surface area (Å²) in [7, 11) is 0. The highest BCUT2D eigenvalue weighted by atomic mass is 16.6. The molecule has 96 valence electrons. The van der Waals surface area contributed by atoms with Crippen LogP contribution in [0.4, 0.5) is 5.69 Å². The Hall–Kier alpha value is -2.11. The van der Waals surface area contributed by atoms with Crippen molar-refractivity contribution >= 4 is 11.5 Å². The van der Waals surface area contributed by atoms with Crippen LogP contribution in [0.3, 0.4) is 0 Å². The molecule has 0 aliphatic carbocycles. The molecular formula is C12H13NO5. The number of nitrogens with zero attached hydrogens (tertiary/aromatic N) is 1. The van der Waals surface area contributed by atoms with Crippen LogP contribution in [-0.2, 0) is 0 Å². The van der Waals surface area contributed by atoms with E-state index in [1.165, 1.54) is 12.1 Å². The third-order valence-electron chi connectivity index (χ3n) is 2.65. The quantitative estimate of drug-likeness (QED) is 0.467. The summed E-state index contributed by atoms with van der Waals surface area (Å²) in [6.45, 7) is 4.12. The molecule has 0 saturated carbocycles. The highest BCUT2D eigenvalue weighted by molar-refractivity contribution is 6.01. The molecule has 1 aliphatic rings. The Morgan fingerprint density at radius 2 is 1.83 bits per heavy atom. The van der Waals surface area contributed by atoms with E-state index < -0.39 is 4.92 Å². The number of Topliss-reactive ketones (excluding diaryl/α,β-unsaturated/α-hetero) is 1. The van der Waals surface area contributed by atoms with Crippen molar-refractivity contribution in [1.82, 2.24) is 0 Å². The average Bonchev–Trinajstić information content (AvgIpc) is 2.36. The van der Waals surface area contributed by atoms with Crippen molar-refractivity contribution in [1.29, 1.82) is 0 Å². The number of ketones is 1. The van der Waals surface area contributed by atoms with Gasteiger partial charge in [0.2, 0.25) is 0 Å². The maximum Gasteiger partial charge on any atom is 0.284 e. The summed E-state index contributed by atoms with van der Waals surface area (Å²) < 4.78 is 10.6. The van der Waals surface area contributed by atoms with Gasteiger partial charge in [0.05, 0.1) is 16.6 Å². The van der Waals surface area contributed by atoms with Crippen molar-refractivity contribution in [3.8, 4) is 11.5 Å². The number of benzene rings is 1. The van der Waals surface area contributed by atoms with E-state index in [9.17, 15) is 14.9 Å². The maximum atomic E-state index is 12.0. The van der Waals surface area contributed by atoms with Gasteiger partial charge in [0, 0.05) is 12.0 Å².